The lowest BCUT2D eigenvalue weighted by Crippen LogP contribution is -2.52. The van der Waals surface area contributed by atoms with Gasteiger partial charge < -0.3 is 15.0 Å². The molecule has 0 bridgehead atoms. The lowest BCUT2D eigenvalue weighted by Gasteiger charge is -2.39. The first kappa shape index (κ1) is 13.6. The molecule has 1 aromatic rings. The van der Waals surface area contributed by atoms with Crippen LogP contribution < -0.4 is 5.32 Å². The molecule has 0 radical (unpaired) electrons. The maximum Gasteiger partial charge on any atom is 0.122 e. The number of aromatic nitrogens is 2. The van der Waals surface area contributed by atoms with Crippen LogP contribution in [0.3, 0.4) is 0 Å². The molecule has 0 saturated heterocycles. The van der Waals surface area contributed by atoms with Gasteiger partial charge in [-0.25, -0.2) is 4.98 Å². The number of rotatable bonds is 5. The Balaban J connectivity index is 1.96. The van der Waals surface area contributed by atoms with Crippen molar-refractivity contribution in [2.75, 3.05) is 6.61 Å². The van der Waals surface area contributed by atoms with E-state index in [0.717, 1.165) is 12.4 Å². The highest BCUT2D eigenvalue weighted by atomic mass is 16.3. The van der Waals surface area contributed by atoms with E-state index in [1.54, 1.807) is 0 Å². The molecule has 18 heavy (non-hydrogen) atoms. The van der Waals surface area contributed by atoms with Crippen LogP contribution in [-0.4, -0.2) is 26.8 Å². The van der Waals surface area contributed by atoms with Crippen LogP contribution in [0.25, 0.3) is 0 Å². The van der Waals surface area contributed by atoms with E-state index < -0.39 is 0 Å². The second-order valence-corrected chi connectivity index (χ2v) is 5.72. The van der Waals surface area contributed by atoms with Gasteiger partial charge in [0.2, 0.25) is 0 Å². The van der Waals surface area contributed by atoms with Crippen molar-refractivity contribution in [3.8, 4) is 0 Å². The van der Waals surface area contributed by atoms with Gasteiger partial charge in [0.05, 0.1) is 13.2 Å². The van der Waals surface area contributed by atoms with Gasteiger partial charge in [0.25, 0.3) is 0 Å². The van der Waals surface area contributed by atoms with E-state index in [0.29, 0.717) is 5.92 Å². The molecule has 2 N–H and O–H groups in total. The van der Waals surface area contributed by atoms with Gasteiger partial charge in [-0.1, -0.05) is 19.3 Å². The molecule has 1 aliphatic rings. The highest BCUT2D eigenvalue weighted by molar-refractivity contribution is 4.96. The number of aliphatic hydroxyl groups is 1. The summed E-state index contributed by atoms with van der Waals surface area (Å²) in [6, 6.07) is 0. The van der Waals surface area contributed by atoms with Crippen LogP contribution in [0.1, 0.15) is 44.9 Å². The minimum absolute atomic E-state index is 0.174. The molecule has 0 unspecified atom stereocenters. The zero-order valence-electron chi connectivity index (χ0n) is 11.5. The van der Waals surface area contributed by atoms with Crippen LogP contribution in [0, 0.1) is 5.92 Å². The van der Waals surface area contributed by atoms with Crippen molar-refractivity contribution in [3.05, 3.63) is 18.2 Å². The van der Waals surface area contributed by atoms with Gasteiger partial charge in [0.1, 0.15) is 5.82 Å². The molecule has 2 rings (SSSR count). The molecule has 0 aliphatic heterocycles. The van der Waals surface area contributed by atoms with Crippen LogP contribution in [0.5, 0.6) is 0 Å². The molecule has 102 valence electrons. The summed E-state index contributed by atoms with van der Waals surface area (Å²) >= 11 is 0. The maximum atomic E-state index is 9.75. The molecule has 4 heteroatoms. The van der Waals surface area contributed by atoms with Crippen LogP contribution in [0.4, 0.5) is 0 Å². The lowest BCUT2D eigenvalue weighted by molar-refractivity contribution is 0.0928. The molecule has 4 nitrogen and oxygen atoms in total. The standard InChI is InChI=1S/C14H25N3O/c1-14(11-18,12-6-4-3-5-7-12)16-10-13-15-8-9-17(13)2/h8-9,12,16,18H,3-7,10-11H2,1-2H3/t14-/m0/s1. The number of hydrogen-bond donors (Lipinski definition) is 2. The van der Waals surface area contributed by atoms with Crippen LogP contribution in [-0.2, 0) is 13.6 Å². The number of aryl methyl sites for hydroxylation is 1. The minimum atomic E-state index is -0.174. The molecule has 1 heterocycles. The molecule has 0 spiro atoms. The molecule has 1 aliphatic carbocycles. The van der Waals surface area contributed by atoms with Crippen molar-refractivity contribution in [1.82, 2.24) is 14.9 Å². The zero-order valence-corrected chi connectivity index (χ0v) is 11.5. The lowest BCUT2D eigenvalue weighted by atomic mass is 9.76. The predicted molar refractivity (Wildman–Crippen MR) is 72.1 cm³/mol. The summed E-state index contributed by atoms with van der Waals surface area (Å²) in [6.45, 7) is 3.06. The zero-order chi connectivity index (χ0) is 13.0. The quantitative estimate of drug-likeness (QED) is 0.839. The first-order chi connectivity index (χ1) is 8.65. The summed E-state index contributed by atoms with van der Waals surface area (Å²) in [4.78, 5) is 4.32. The van der Waals surface area contributed by atoms with Gasteiger partial charge in [-0.05, 0) is 25.7 Å². The molecule has 1 atom stereocenters. The van der Waals surface area contributed by atoms with Gasteiger partial charge in [-0.3, -0.25) is 0 Å². The molecule has 1 aromatic heterocycles. The van der Waals surface area contributed by atoms with Crippen LogP contribution in [0.2, 0.25) is 0 Å². The number of hydrogen-bond acceptors (Lipinski definition) is 3. The molecule has 0 aromatic carbocycles. The molecule has 1 saturated carbocycles. The van der Waals surface area contributed by atoms with Gasteiger partial charge in [0, 0.05) is 25.0 Å². The van der Waals surface area contributed by atoms with Gasteiger partial charge in [-0.2, -0.15) is 0 Å². The number of nitrogens with zero attached hydrogens (tertiary/aromatic N) is 2. The van der Waals surface area contributed by atoms with E-state index >= 15 is 0 Å². The highest BCUT2D eigenvalue weighted by Gasteiger charge is 2.34. The Morgan fingerprint density at radius 3 is 2.72 bits per heavy atom. The van der Waals surface area contributed by atoms with E-state index in [2.05, 4.69) is 17.2 Å². The average Bonchev–Trinajstić information content (AvgIpc) is 2.83. The number of aliphatic hydroxyl groups excluding tert-OH is 1. The Hall–Kier alpha value is -0.870. The molecule has 0 amide bonds. The van der Waals surface area contributed by atoms with E-state index in [1.807, 2.05) is 24.0 Å². The van der Waals surface area contributed by atoms with Gasteiger partial charge >= 0.3 is 0 Å². The largest absolute Gasteiger partial charge is 0.394 e. The second-order valence-electron chi connectivity index (χ2n) is 5.72. The second kappa shape index (κ2) is 5.85. The fourth-order valence-corrected chi connectivity index (χ4v) is 2.92. The van der Waals surface area contributed by atoms with E-state index in [-0.39, 0.29) is 12.1 Å². The third kappa shape index (κ3) is 2.93. The average molecular weight is 251 g/mol. The smallest absolute Gasteiger partial charge is 0.122 e. The van der Waals surface area contributed by atoms with Gasteiger partial charge in [-0.15, -0.1) is 0 Å². The summed E-state index contributed by atoms with van der Waals surface area (Å²) in [5.41, 5.74) is -0.174. The Morgan fingerprint density at radius 2 is 2.17 bits per heavy atom. The first-order valence-corrected chi connectivity index (χ1v) is 6.98. The van der Waals surface area contributed by atoms with Crippen molar-refractivity contribution >= 4 is 0 Å². The summed E-state index contributed by atoms with van der Waals surface area (Å²) in [5.74, 6) is 1.60. The topological polar surface area (TPSA) is 50.1 Å². The van der Waals surface area contributed by atoms with Crippen molar-refractivity contribution in [2.45, 2.75) is 51.1 Å². The molecule has 1 fully saturated rings. The monoisotopic (exact) mass is 251 g/mol. The Kier molecular flexibility index (Phi) is 4.40. The summed E-state index contributed by atoms with van der Waals surface area (Å²) in [5, 5.41) is 13.3. The summed E-state index contributed by atoms with van der Waals surface area (Å²) < 4.78 is 2.02. The van der Waals surface area contributed by atoms with Crippen molar-refractivity contribution in [3.63, 3.8) is 0 Å². The molecular weight excluding hydrogens is 226 g/mol. The van der Waals surface area contributed by atoms with Gasteiger partial charge in [0.15, 0.2) is 0 Å². The van der Waals surface area contributed by atoms with E-state index in [9.17, 15) is 5.11 Å². The summed E-state index contributed by atoms with van der Waals surface area (Å²) in [6.07, 6.45) is 10.2. The van der Waals surface area contributed by atoms with Crippen molar-refractivity contribution < 1.29 is 5.11 Å². The van der Waals surface area contributed by atoms with Crippen LogP contribution in [0.15, 0.2) is 12.4 Å². The van der Waals surface area contributed by atoms with E-state index in [1.165, 1.54) is 32.1 Å². The summed E-state index contributed by atoms with van der Waals surface area (Å²) in [7, 11) is 2.00. The predicted octanol–water partition coefficient (Wildman–Crippen LogP) is 1.84. The normalized spacial score (nSPS) is 20.8. The fourth-order valence-electron chi connectivity index (χ4n) is 2.92. The first-order valence-electron chi connectivity index (χ1n) is 6.98. The van der Waals surface area contributed by atoms with E-state index in [4.69, 9.17) is 0 Å². The third-order valence-electron chi connectivity index (χ3n) is 4.41. The Bertz CT molecular complexity index is 371. The third-order valence-corrected chi connectivity index (χ3v) is 4.41. The highest BCUT2D eigenvalue weighted by Crippen LogP contribution is 2.32. The van der Waals surface area contributed by atoms with Crippen molar-refractivity contribution in [2.24, 2.45) is 13.0 Å². The molecular formula is C14H25N3O. The Morgan fingerprint density at radius 1 is 1.44 bits per heavy atom. The SMILES string of the molecule is Cn1ccnc1CN[C@@](C)(CO)C1CCCCC1. The number of nitrogens with one attached hydrogen (secondary N) is 1. The van der Waals surface area contributed by atoms with Crippen LogP contribution >= 0.6 is 0 Å². The Labute approximate surface area is 109 Å². The number of imidazole rings is 1. The maximum absolute atomic E-state index is 9.75. The minimum Gasteiger partial charge on any atom is -0.394 e. The van der Waals surface area contributed by atoms with Crippen molar-refractivity contribution in [1.29, 1.82) is 0 Å². The fraction of sp³-hybridized carbons (Fsp3) is 0.786.